The Morgan fingerprint density at radius 1 is 1.26 bits per heavy atom. The maximum Gasteiger partial charge on any atom is 0.125 e. The number of aromatic hydroxyl groups is 1. The van der Waals surface area contributed by atoms with Crippen molar-refractivity contribution in [3.8, 4) is 5.75 Å². The van der Waals surface area contributed by atoms with Gasteiger partial charge in [0.1, 0.15) is 11.6 Å². The Hall–Kier alpha value is -2.84. The molecule has 1 saturated heterocycles. The normalized spacial score (nSPS) is 18.6. The fraction of sp³-hybridized carbons (Fsp3) is 0.538. The zero-order valence-corrected chi connectivity index (χ0v) is 22.2. The monoisotopic (exact) mass is 471 g/mol. The maximum absolute atomic E-state index is 10.5. The Morgan fingerprint density at radius 2 is 1.82 bits per heavy atom. The van der Waals surface area contributed by atoms with Crippen molar-refractivity contribution in [1.29, 1.82) is 0 Å². The van der Waals surface area contributed by atoms with Gasteiger partial charge in [-0.3, -0.25) is 5.84 Å². The molecule has 190 valence electrons. The Kier molecular flexibility index (Phi) is 10.8. The molecule has 0 unspecified atom stereocenters. The Labute approximate surface area is 205 Å². The van der Waals surface area contributed by atoms with E-state index in [-0.39, 0.29) is 16.8 Å². The molecule has 2 rings (SSSR count). The topological polar surface area (TPSA) is 124 Å². The summed E-state index contributed by atoms with van der Waals surface area (Å²) in [6, 6.07) is 5.60. The van der Waals surface area contributed by atoms with Crippen LogP contribution in [-0.4, -0.2) is 45.7 Å². The van der Waals surface area contributed by atoms with Gasteiger partial charge in [0, 0.05) is 41.5 Å². The lowest BCUT2D eigenvalue weighted by Gasteiger charge is -2.49. The van der Waals surface area contributed by atoms with Crippen molar-refractivity contribution in [2.24, 2.45) is 21.8 Å². The van der Waals surface area contributed by atoms with Gasteiger partial charge in [0.05, 0.1) is 11.4 Å². The van der Waals surface area contributed by atoms with Gasteiger partial charge >= 0.3 is 0 Å². The predicted octanol–water partition coefficient (Wildman–Crippen LogP) is 4.08. The minimum Gasteiger partial charge on any atom is -0.507 e. The number of benzene rings is 1. The van der Waals surface area contributed by atoms with Crippen LogP contribution in [0.4, 0.5) is 0 Å². The molecule has 1 aromatic carbocycles. The first-order valence-electron chi connectivity index (χ1n) is 11.8. The molecule has 0 radical (unpaired) electrons. The maximum atomic E-state index is 10.5. The van der Waals surface area contributed by atoms with Crippen molar-refractivity contribution in [3.05, 3.63) is 48.2 Å². The third-order valence-corrected chi connectivity index (χ3v) is 5.76. The highest BCUT2D eigenvalue weighted by Crippen LogP contribution is 2.31. The van der Waals surface area contributed by atoms with Crippen LogP contribution in [0.2, 0.25) is 0 Å². The number of rotatable bonds is 6. The van der Waals surface area contributed by atoms with Crippen LogP contribution in [0.5, 0.6) is 5.75 Å². The van der Waals surface area contributed by atoms with E-state index in [0.717, 1.165) is 18.7 Å². The molecule has 0 aliphatic carbocycles. The summed E-state index contributed by atoms with van der Waals surface area (Å²) in [5.74, 6) is 6.22. The lowest BCUT2D eigenvalue weighted by molar-refractivity contribution is 0.113. The van der Waals surface area contributed by atoms with Crippen molar-refractivity contribution in [2.45, 2.75) is 84.8 Å². The summed E-state index contributed by atoms with van der Waals surface area (Å²) in [6.45, 7) is 18.2. The molecule has 34 heavy (non-hydrogen) atoms. The fourth-order valence-electron chi connectivity index (χ4n) is 4.45. The summed E-state index contributed by atoms with van der Waals surface area (Å²) in [6.07, 6.45) is 5.91. The third-order valence-electron chi connectivity index (χ3n) is 5.76. The van der Waals surface area contributed by atoms with Crippen LogP contribution in [0.1, 0.15) is 78.9 Å². The quantitative estimate of drug-likeness (QED) is 0.140. The van der Waals surface area contributed by atoms with E-state index in [2.05, 4.69) is 67.2 Å². The molecule has 0 atom stereocenters. The molecular formula is C26H45N7O. The first-order valence-corrected chi connectivity index (χ1v) is 11.8. The number of piperidine rings is 1. The molecular weight excluding hydrogens is 426 g/mol. The molecule has 1 heterocycles. The van der Waals surface area contributed by atoms with Crippen LogP contribution in [-0.2, 0) is 0 Å². The van der Waals surface area contributed by atoms with Crippen molar-refractivity contribution >= 4 is 17.2 Å². The molecule has 7 N–H and O–H groups in total. The second-order valence-corrected chi connectivity index (χ2v) is 10.0. The zero-order valence-electron chi connectivity index (χ0n) is 22.2. The van der Waals surface area contributed by atoms with Crippen molar-refractivity contribution in [2.75, 3.05) is 7.05 Å². The number of nitrogens with zero attached hydrogens (tertiary/aromatic N) is 3. The molecule has 1 fully saturated rings. The van der Waals surface area contributed by atoms with Gasteiger partial charge in [-0.2, -0.15) is 5.10 Å². The van der Waals surface area contributed by atoms with Gasteiger partial charge in [-0.15, -0.1) is 11.7 Å². The minimum atomic E-state index is 0.0576. The summed E-state index contributed by atoms with van der Waals surface area (Å²) >= 11 is 0. The van der Waals surface area contributed by atoms with E-state index in [1.54, 1.807) is 18.2 Å². The number of phenols is 1. The first-order chi connectivity index (χ1) is 15.8. The van der Waals surface area contributed by atoms with Gasteiger partial charge in [0.15, 0.2) is 0 Å². The SMILES string of the molecule is C=CC.CC/C(=N\N=C(/C)N(C)C1CC(C)(C)NC(C)(C)C1)c1ccc(/C(N)=C/NN)cc1O. The third kappa shape index (κ3) is 8.50. The average Bonchev–Trinajstić information content (AvgIpc) is 2.72. The number of hydrogen-bond donors (Lipinski definition) is 5. The van der Waals surface area contributed by atoms with E-state index >= 15 is 0 Å². The molecule has 0 saturated carbocycles. The molecule has 0 spiro atoms. The molecule has 1 aliphatic rings. The summed E-state index contributed by atoms with van der Waals surface area (Å²) in [4.78, 5) is 2.22. The lowest BCUT2D eigenvalue weighted by Crippen LogP contribution is -2.62. The summed E-state index contributed by atoms with van der Waals surface area (Å²) in [7, 11) is 2.08. The molecule has 0 amide bonds. The Bertz CT molecular complexity index is 900. The van der Waals surface area contributed by atoms with Crippen LogP contribution >= 0.6 is 0 Å². The number of amidine groups is 1. The van der Waals surface area contributed by atoms with Crippen LogP contribution in [0, 0.1) is 0 Å². The van der Waals surface area contributed by atoms with E-state index in [1.807, 2.05) is 26.8 Å². The highest BCUT2D eigenvalue weighted by Gasteiger charge is 2.39. The zero-order chi connectivity index (χ0) is 26.1. The second-order valence-electron chi connectivity index (χ2n) is 10.0. The summed E-state index contributed by atoms with van der Waals surface area (Å²) < 4.78 is 0. The van der Waals surface area contributed by atoms with Gasteiger partial charge in [0.2, 0.25) is 0 Å². The summed E-state index contributed by atoms with van der Waals surface area (Å²) in [5, 5.41) is 23.2. The van der Waals surface area contributed by atoms with E-state index in [1.165, 1.54) is 6.20 Å². The Balaban J connectivity index is 0.00000182. The van der Waals surface area contributed by atoms with Crippen LogP contribution < -0.4 is 22.3 Å². The molecule has 8 nitrogen and oxygen atoms in total. The molecule has 8 heteroatoms. The van der Waals surface area contributed by atoms with E-state index in [0.29, 0.717) is 35.0 Å². The number of hydrazine groups is 1. The predicted molar refractivity (Wildman–Crippen MR) is 145 cm³/mol. The van der Waals surface area contributed by atoms with Crippen LogP contribution in [0.15, 0.2) is 47.3 Å². The lowest BCUT2D eigenvalue weighted by atomic mass is 9.79. The van der Waals surface area contributed by atoms with Crippen LogP contribution in [0.3, 0.4) is 0 Å². The van der Waals surface area contributed by atoms with Crippen molar-refractivity contribution < 1.29 is 5.11 Å². The minimum absolute atomic E-state index is 0.0576. The molecule has 0 aromatic heterocycles. The number of phenolic OH excluding ortho intramolecular Hbond substituents is 1. The van der Waals surface area contributed by atoms with Gasteiger partial charge < -0.3 is 26.5 Å². The molecule has 0 bridgehead atoms. The number of hydrogen-bond acceptors (Lipinski definition) is 7. The second kappa shape index (κ2) is 12.6. The average molecular weight is 472 g/mol. The van der Waals surface area contributed by atoms with Gasteiger partial charge in [-0.05, 0) is 72.9 Å². The standard InChI is InChI=1S/C23H39N7O.C3H6/c1-8-20(18-10-9-16(11-21(18)31)19(24)14-26-25)28-27-15(2)30(7)17-12-22(3,4)29-23(5,6)13-17;1-3-2/h9-11,14,17,26,29,31H,8,12-13,24-25H2,1-7H3;3H,1H2,2H3/b19-14-,27-15+,28-20+;. The fourth-order valence-corrected chi connectivity index (χ4v) is 4.45. The Morgan fingerprint density at radius 3 is 2.29 bits per heavy atom. The molecule has 1 aliphatic heterocycles. The van der Waals surface area contributed by atoms with E-state index in [9.17, 15) is 5.11 Å². The number of nitrogens with two attached hydrogens (primary N) is 2. The highest BCUT2D eigenvalue weighted by atomic mass is 16.3. The molecule has 1 aromatic rings. The largest absolute Gasteiger partial charge is 0.507 e. The number of nitrogens with one attached hydrogen (secondary N) is 2. The van der Waals surface area contributed by atoms with Gasteiger partial charge in [-0.1, -0.05) is 19.1 Å². The smallest absolute Gasteiger partial charge is 0.125 e. The van der Waals surface area contributed by atoms with Crippen LogP contribution in [0.25, 0.3) is 5.70 Å². The van der Waals surface area contributed by atoms with Crippen molar-refractivity contribution in [1.82, 2.24) is 15.6 Å². The number of allylic oxidation sites excluding steroid dienone is 1. The van der Waals surface area contributed by atoms with Gasteiger partial charge in [-0.25, -0.2) is 0 Å². The summed E-state index contributed by atoms with van der Waals surface area (Å²) in [5.41, 5.74) is 10.9. The van der Waals surface area contributed by atoms with E-state index in [4.69, 9.17) is 11.6 Å². The van der Waals surface area contributed by atoms with Gasteiger partial charge in [0.25, 0.3) is 0 Å². The highest BCUT2D eigenvalue weighted by molar-refractivity contribution is 6.03. The van der Waals surface area contributed by atoms with Crippen molar-refractivity contribution in [3.63, 3.8) is 0 Å². The van der Waals surface area contributed by atoms with E-state index < -0.39 is 0 Å². The first kappa shape index (κ1) is 29.2.